The average molecular weight is 446 g/mol. The summed E-state index contributed by atoms with van der Waals surface area (Å²) in [7, 11) is 3.04. The summed E-state index contributed by atoms with van der Waals surface area (Å²) in [6, 6.07) is 1.67. The number of nitrogens with zero attached hydrogens (tertiary/aromatic N) is 1. The predicted octanol–water partition coefficient (Wildman–Crippen LogP) is 0.00570. The first kappa shape index (κ1) is 18.2. The van der Waals surface area contributed by atoms with E-state index in [0.717, 1.165) is 0 Å². The van der Waals surface area contributed by atoms with Crippen molar-refractivity contribution in [1.29, 1.82) is 0 Å². The third kappa shape index (κ3) is 2.63. The van der Waals surface area contributed by atoms with Crippen LogP contribution in [-0.2, 0) is 20.8 Å². The zero-order valence-electron chi connectivity index (χ0n) is 20.3. The number of Topliss-reactive ketones (excluding diaryl/α,β-unsaturated/α-hetero) is 2. The van der Waals surface area contributed by atoms with Gasteiger partial charge in [0.2, 0.25) is 5.78 Å². The van der Waals surface area contributed by atoms with E-state index in [2.05, 4.69) is 5.32 Å². The number of carbonyl (C=O) groups is 3. The number of nitrogens with two attached hydrogens (primary N) is 1. The number of benzene rings is 1. The summed E-state index contributed by atoms with van der Waals surface area (Å²) < 4.78 is 22.1. The van der Waals surface area contributed by atoms with Gasteiger partial charge in [-0.15, -0.1) is 0 Å². The maximum absolute atomic E-state index is 13.7. The van der Waals surface area contributed by atoms with Crippen molar-refractivity contribution in [3.63, 3.8) is 0 Å². The van der Waals surface area contributed by atoms with E-state index < -0.39 is 70.8 Å². The van der Waals surface area contributed by atoms with Crippen LogP contribution >= 0.6 is 0 Å². The molecule has 4 rings (SSSR count). The summed E-state index contributed by atoms with van der Waals surface area (Å²) in [5, 5.41) is 46.2. The zero-order valence-corrected chi connectivity index (χ0v) is 17.3. The number of aliphatic hydroxyl groups excluding tert-OH is 2. The third-order valence-electron chi connectivity index (χ3n) is 6.73. The average Bonchev–Trinajstić information content (AvgIpc) is 2.71. The van der Waals surface area contributed by atoms with E-state index in [0.29, 0.717) is 5.56 Å². The number of fused-ring (bicyclic) bond motifs is 3. The van der Waals surface area contributed by atoms with Gasteiger partial charge in [0.25, 0.3) is 5.91 Å². The number of likely N-dealkylation sites (N-methyl/N-ethyl adjacent to an activating group) is 1. The Balaban J connectivity index is 1.93. The molecule has 10 heteroatoms. The Bertz CT molecular complexity index is 1240. The fraction of sp³-hybridized carbons (Fsp3) is 0.409. The molecule has 3 aliphatic rings. The third-order valence-corrected chi connectivity index (χ3v) is 6.73. The number of hydrogen-bond donors (Lipinski definition) is 6. The Morgan fingerprint density at radius 1 is 1.28 bits per heavy atom. The molecule has 10 nitrogen and oxygen atoms in total. The summed E-state index contributed by atoms with van der Waals surface area (Å²) in [4.78, 5) is 40.1. The van der Waals surface area contributed by atoms with Gasteiger partial charge in [0.15, 0.2) is 11.4 Å². The van der Waals surface area contributed by atoms with Crippen LogP contribution in [0.1, 0.15) is 21.7 Å². The molecule has 4 atom stereocenters. The van der Waals surface area contributed by atoms with E-state index in [1.54, 1.807) is 0 Å². The summed E-state index contributed by atoms with van der Waals surface area (Å²) in [6.07, 6.45) is 0.0952. The lowest BCUT2D eigenvalue weighted by Crippen LogP contribution is -2.65. The van der Waals surface area contributed by atoms with Crippen LogP contribution in [0.25, 0.3) is 5.76 Å². The molecule has 0 radical (unpaired) electrons. The Labute approximate surface area is 187 Å². The molecule has 0 unspecified atom stereocenters. The number of aromatic hydroxyl groups is 1. The number of primary amides is 1. The molecule has 1 fully saturated rings. The normalized spacial score (nSPS) is 31.4. The Kier molecular flexibility index (Phi) is 4.03. The molecule has 3 aliphatic carbocycles. The predicted molar refractivity (Wildman–Crippen MR) is 114 cm³/mol. The molecular weight excluding hydrogens is 418 g/mol. The number of phenolic OH excluding ortho intramolecular Hbond substituents is 1. The van der Waals surface area contributed by atoms with Gasteiger partial charge in [0.1, 0.15) is 22.8 Å². The quantitative estimate of drug-likeness (QED) is 0.276. The number of ketones is 2. The highest BCUT2D eigenvalue weighted by Crippen LogP contribution is 2.53. The fourth-order valence-electron chi connectivity index (χ4n) is 5.32. The number of rotatable bonds is 3. The Morgan fingerprint density at radius 3 is 2.56 bits per heavy atom. The number of anilines is 1. The van der Waals surface area contributed by atoms with Crippen molar-refractivity contribution < 1.29 is 38.9 Å². The molecule has 1 aromatic rings. The molecule has 1 aromatic carbocycles. The number of nitrogens with one attached hydrogen (secondary N) is 1. The second-order valence-electron chi connectivity index (χ2n) is 8.58. The number of phenols is 1. The maximum atomic E-state index is 13.7. The van der Waals surface area contributed by atoms with Crippen LogP contribution in [0.4, 0.5) is 5.69 Å². The number of amides is 1. The molecule has 0 spiro atoms. The Morgan fingerprint density at radius 2 is 1.97 bits per heavy atom. The monoisotopic (exact) mass is 446 g/mol. The van der Waals surface area contributed by atoms with Crippen LogP contribution in [0.3, 0.4) is 0 Å². The van der Waals surface area contributed by atoms with Crippen LogP contribution in [0.15, 0.2) is 29.0 Å². The van der Waals surface area contributed by atoms with E-state index in [1.807, 2.05) is 0 Å². The van der Waals surface area contributed by atoms with Crippen molar-refractivity contribution in [3.8, 4) is 5.75 Å². The molecule has 0 bridgehead atoms. The Hall–Kier alpha value is -3.37. The smallest absolute Gasteiger partial charge is 0.255 e. The van der Waals surface area contributed by atoms with Gasteiger partial charge >= 0.3 is 0 Å². The van der Waals surface area contributed by atoms with Gasteiger partial charge in [-0.2, -0.15) is 0 Å². The highest BCUT2D eigenvalue weighted by Gasteiger charge is 2.64. The van der Waals surface area contributed by atoms with Gasteiger partial charge < -0.3 is 31.5 Å². The first-order valence-corrected chi connectivity index (χ1v) is 9.89. The van der Waals surface area contributed by atoms with Crippen LogP contribution in [-0.4, -0.2) is 75.5 Å². The molecular formula is C22H25N3O7. The molecule has 7 N–H and O–H groups in total. The van der Waals surface area contributed by atoms with Crippen LogP contribution in [0.2, 0.25) is 0 Å². The summed E-state index contributed by atoms with van der Waals surface area (Å²) in [5.41, 5.74) is 1.39. The summed E-state index contributed by atoms with van der Waals surface area (Å²) in [6.45, 7) is -2.65. The molecule has 0 heterocycles. The summed E-state index contributed by atoms with van der Waals surface area (Å²) in [5.74, 6) is -7.59. The van der Waals surface area contributed by atoms with E-state index in [1.165, 1.54) is 31.1 Å². The van der Waals surface area contributed by atoms with E-state index >= 15 is 0 Å². The van der Waals surface area contributed by atoms with Crippen molar-refractivity contribution in [3.05, 3.63) is 40.2 Å². The van der Waals surface area contributed by atoms with Crippen LogP contribution in [0, 0.1) is 11.8 Å². The number of hydrogen-bond acceptors (Lipinski definition) is 9. The molecule has 1 saturated carbocycles. The lowest BCUT2D eigenvalue weighted by atomic mass is 9.57. The van der Waals surface area contributed by atoms with E-state index in [4.69, 9.17) is 9.85 Å². The first-order chi connectivity index (χ1) is 16.1. The second-order valence-corrected chi connectivity index (χ2v) is 8.58. The van der Waals surface area contributed by atoms with Crippen molar-refractivity contribution in [2.24, 2.45) is 17.6 Å². The van der Waals surface area contributed by atoms with Gasteiger partial charge in [0, 0.05) is 22.6 Å². The molecule has 170 valence electrons. The highest BCUT2D eigenvalue weighted by atomic mass is 16.3. The van der Waals surface area contributed by atoms with Crippen LogP contribution < -0.4 is 11.1 Å². The number of carbonyl (C=O) groups excluding carboxylic acids is 3. The van der Waals surface area contributed by atoms with Crippen molar-refractivity contribution in [2.75, 3.05) is 26.4 Å². The number of aliphatic hydroxyl groups is 3. The highest BCUT2D eigenvalue weighted by molar-refractivity contribution is 6.24. The second kappa shape index (κ2) is 7.07. The minimum absolute atomic E-state index is 0.0260. The van der Waals surface area contributed by atoms with Gasteiger partial charge in [-0.05, 0) is 44.5 Å². The van der Waals surface area contributed by atoms with Gasteiger partial charge in [-0.3, -0.25) is 19.3 Å². The molecule has 0 saturated heterocycles. The minimum atomic E-state index is -2.73. The summed E-state index contributed by atoms with van der Waals surface area (Å²) >= 11 is 0. The molecule has 1 amide bonds. The SMILES string of the molecule is [2H]C([2H])([2H])Nc1ccc2c(c1O)C(O)=C1C(=O)[C@@]3(O)C(O)=C(C(N)=O)C(=O)[C@H](N(C)C)[C@H]3C[C@H]1C2. The van der Waals surface area contributed by atoms with E-state index in [9.17, 15) is 34.8 Å². The van der Waals surface area contributed by atoms with Gasteiger partial charge in [-0.1, -0.05) is 6.07 Å². The molecule has 0 aliphatic heterocycles. The van der Waals surface area contributed by atoms with Crippen molar-refractivity contribution in [1.82, 2.24) is 4.90 Å². The first-order valence-electron chi connectivity index (χ1n) is 11.4. The molecule has 0 aromatic heterocycles. The molecule has 32 heavy (non-hydrogen) atoms. The lowest BCUT2D eigenvalue weighted by molar-refractivity contribution is -0.153. The minimum Gasteiger partial charge on any atom is -0.508 e. The van der Waals surface area contributed by atoms with E-state index in [-0.39, 0.29) is 29.7 Å². The maximum Gasteiger partial charge on any atom is 0.255 e. The lowest BCUT2D eigenvalue weighted by Gasteiger charge is -2.50. The van der Waals surface area contributed by atoms with Crippen LogP contribution in [0.5, 0.6) is 5.75 Å². The van der Waals surface area contributed by atoms with Crippen molar-refractivity contribution >= 4 is 28.9 Å². The topological polar surface area (TPSA) is 173 Å². The van der Waals surface area contributed by atoms with Gasteiger partial charge in [-0.25, -0.2) is 0 Å². The fourth-order valence-corrected chi connectivity index (χ4v) is 5.32. The standard InChI is InChI=1S/C22H25N3O7/c1-24-11-5-4-8-6-9-7-10-15(25(2)3)18(28)14(21(23)31)20(30)22(10,32)19(29)13(9)17(27)12(8)16(11)26/h4-5,9-10,15,24,26-27,30,32H,6-7H2,1-3H3,(H2,23,31)/t9-,10-,15-,22-/m1/s1/i1D3. The zero-order chi connectivity index (χ0) is 26.2. The van der Waals surface area contributed by atoms with Gasteiger partial charge in [0.05, 0.1) is 17.3 Å². The largest absolute Gasteiger partial charge is 0.508 e. The van der Waals surface area contributed by atoms with Crippen molar-refractivity contribution in [2.45, 2.75) is 24.5 Å².